The summed E-state index contributed by atoms with van der Waals surface area (Å²) in [6.07, 6.45) is 0. The largest absolute Gasteiger partial charge is 0.378 e. The minimum Gasteiger partial charge on any atom is -0.378 e. The number of hydrogen-bond donors (Lipinski definition) is 0. The maximum absolute atomic E-state index is 12.2. The number of carbonyl (C=O) groups is 1. The predicted molar refractivity (Wildman–Crippen MR) is 86.5 cm³/mol. The average Bonchev–Trinajstić information content (AvgIpc) is 3.02. The molecule has 2 aromatic rings. The van der Waals surface area contributed by atoms with Crippen LogP contribution in [0.15, 0.2) is 34.9 Å². The van der Waals surface area contributed by atoms with Gasteiger partial charge in [-0.25, -0.2) is 0 Å². The van der Waals surface area contributed by atoms with Gasteiger partial charge < -0.3 is 19.1 Å². The van der Waals surface area contributed by atoms with Crippen LogP contribution >= 0.6 is 0 Å². The molecule has 0 N–H and O–H groups in total. The summed E-state index contributed by atoms with van der Waals surface area (Å²) in [6, 6.07) is 9.95. The first kappa shape index (κ1) is 15.6. The first-order valence-corrected chi connectivity index (χ1v) is 7.74. The molecule has 0 saturated carbocycles. The van der Waals surface area contributed by atoms with Gasteiger partial charge in [0.1, 0.15) is 0 Å². The van der Waals surface area contributed by atoms with Gasteiger partial charge in [-0.05, 0) is 24.6 Å². The molecule has 23 heavy (non-hydrogen) atoms. The lowest BCUT2D eigenvalue weighted by Crippen LogP contribution is -2.36. The van der Waals surface area contributed by atoms with E-state index in [1.54, 1.807) is 24.9 Å². The number of rotatable bonds is 4. The van der Waals surface area contributed by atoms with Crippen molar-refractivity contribution in [3.8, 4) is 0 Å². The molecule has 1 fully saturated rings. The molecule has 1 aromatic heterocycles. The maximum atomic E-state index is 12.2. The average molecular weight is 315 g/mol. The van der Waals surface area contributed by atoms with Crippen LogP contribution in [0.25, 0.3) is 0 Å². The second kappa shape index (κ2) is 6.83. The van der Waals surface area contributed by atoms with Gasteiger partial charge in [-0.15, -0.1) is 0 Å². The number of carbonyl (C=O) groups excluding carboxylic acids is 1. The third-order valence-electron chi connectivity index (χ3n) is 3.92. The van der Waals surface area contributed by atoms with Gasteiger partial charge in [-0.2, -0.15) is 0 Å². The van der Waals surface area contributed by atoms with Gasteiger partial charge in [-0.3, -0.25) is 4.79 Å². The molecule has 1 aromatic carbocycles. The molecule has 0 radical (unpaired) electrons. The van der Waals surface area contributed by atoms with E-state index in [0.717, 1.165) is 31.9 Å². The first-order valence-electron chi connectivity index (χ1n) is 7.74. The monoisotopic (exact) mass is 315 g/mol. The summed E-state index contributed by atoms with van der Waals surface area (Å²) in [5, 5.41) is 3.75. The topological polar surface area (TPSA) is 58.8 Å². The fraction of sp³-hybridized carbons (Fsp3) is 0.412. The summed E-state index contributed by atoms with van der Waals surface area (Å²) >= 11 is 0. The van der Waals surface area contributed by atoms with Crippen molar-refractivity contribution in [2.45, 2.75) is 13.5 Å². The number of amides is 1. The Balaban J connectivity index is 1.62. The number of nitrogens with zero attached hydrogens (tertiary/aromatic N) is 3. The smallest absolute Gasteiger partial charge is 0.292 e. The van der Waals surface area contributed by atoms with Crippen molar-refractivity contribution in [3.63, 3.8) is 0 Å². The van der Waals surface area contributed by atoms with Crippen LogP contribution in [0, 0.1) is 6.92 Å². The van der Waals surface area contributed by atoms with E-state index in [2.05, 4.69) is 34.3 Å². The molecule has 3 rings (SSSR count). The molecule has 6 nitrogen and oxygen atoms in total. The van der Waals surface area contributed by atoms with Crippen molar-refractivity contribution in [2.75, 3.05) is 38.3 Å². The number of hydrogen-bond acceptors (Lipinski definition) is 5. The van der Waals surface area contributed by atoms with Gasteiger partial charge in [0.05, 0.1) is 18.9 Å². The van der Waals surface area contributed by atoms with Gasteiger partial charge >= 0.3 is 0 Å². The lowest BCUT2D eigenvalue weighted by Gasteiger charge is -2.29. The van der Waals surface area contributed by atoms with E-state index < -0.39 is 0 Å². The van der Waals surface area contributed by atoms with E-state index in [1.165, 1.54) is 5.69 Å². The Morgan fingerprint density at radius 2 is 1.96 bits per heavy atom. The van der Waals surface area contributed by atoms with Crippen molar-refractivity contribution in [2.24, 2.45) is 0 Å². The molecule has 1 amide bonds. The van der Waals surface area contributed by atoms with Gasteiger partial charge in [-0.1, -0.05) is 17.3 Å². The highest BCUT2D eigenvalue weighted by molar-refractivity contribution is 5.91. The zero-order valence-corrected chi connectivity index (χ0v) is 13.5. The van der Waals surface area contributed by atoms with E-state index in [0.29, 0.717) is 12.2 Å². The number of anilines is 1. The molecular weight excluding hydrogens is 294 g/mol. The van der Waals surface area contributed by atoms with Gasteiger partial charge in [0.2, 0.25) is 5.76 Å². The molecule has 1 aliphatic rings. The van der Waals surface area contributed by atoms with E-state index in [-0.39, 0.29) is 11.7 Å². The van der Waals surface area contributed by atoms with Crippen molar-refractivity contribution in [1.82, 2.24) is 10.1 Å². The Labute approximate surface area is 135 Å². The fourth-order valence-corrected chi connectivity index (χ4v) is 2.63. The molecule has 0 spiro atoms. The molecule has 0 atom stereocenters. The van der Waals surface area contributed by atoms with Gasteiger partial charge in [0.25, 0.3) is 5.91 Å². The van der Waals surface area contributed by atoms with Crippen molar-refractivity contribution < 1.29 is 14.1 Å². The van der Waals surface area contributed by atoms with Crippen molar-refractivity contribution >= 4 is 11.6 Å². The minimum atomic E-state index is -0.164. The summed E-state index contributed by atoms with van der Waals surface area (Å²) < 4.78 is 10.4. The number of ether oxygens (including phenoxy) is 1. The molecule has 0 unspecified atom stereocenters. The normalized spacial score (nSPS) is 14.8. The maximum Gasteiger partial charge on any atom is 0.292 e. The van der Waals surface area contributed by atoms with Crippen LogP contribution in [0.3, 0.4) is 0 Å². The summed E-state index contributed by atoms with van der Waals surface area (Å²) in [5.41, 5.74) is 2.97. The standard InChI is InChI=1S/C17H21N3O3/c1-13-11-16(23-18-13)17(21)19(2)12-14-3-5-15(6-4-14)20-7-9-22-10-8-20/h3-6,11H,7-10,12H2,1-2H3. The Bertz CT molecular complexity index is 660. The van der Waals surface area contributed by atoms with Crippen LogP contribution in [0.1, 0.15) is 21.8 Å². The zero-order valence-electron chi connectivity index (χ0n) is 13.5. The van der Waals surface area contributed by atoms with Crippen LogP contribution in [-0.4, -0.2) is 49.3 Å². The molecule has 1 saturated heterocycles. The van der Waals surface area contributed by atoms with Crippen LogP contribution in [0.4, 0.5) is 5.69 Å². The number of aryl methyl sites for hydroxylation is 1. The highest BCUT2D eigenvalue weighted by Crippen LogP contribution is 2.18. The Morgan fingerprint density at radius 3 is 2.57 bits per heavy atom. The van der Waals surface area contributed by atoms with Crippen molar-refractivity contribution in [1.29, 1.82) is 0 Å². The summed E-state index contributed by atoms with van der Waals surface area (Å²) in [4.78, 5) is 16.2. The minimum absolute atomic E-state index is 0.164. The molecule has 0 bridgehead atoms. The second-order valence-electron chi connectivity index (χ2n) is 5.76. The third-order valence-corrected chi connectivity index (χ3v) is 3.92. The van der Waals surface area contributed by atoms with Crippen molar-refractivity contribution in [3.05, 3.63) is 47.3 Å². The quantitative estimate of drug-likeness (QED) is 0.864. The zero-order chi connectivity index (χ0) is 16.2. The summed E-state index contributed by atoms with van der Waals surface area (Å²) in [5.74, 6) is 0.109. The Hall–Kier alpha value is -2.34. The SMILES string of the molecule is Cc1cc(C(=O)N(C)Cc2ccc(N3CCOCC3)cc2)on1. The molecule has 122 valence electrons. The highest BCUT2D eigenvalue weighted by Gasteiger charge is 2.17. The Kier molecular flexibility index (Phi) is 4.62. The van der Waals surface area contributed by atoms with Crippen LogP contribution in [-0.2, 0) is 11.3 Å². The fourth-order valence-electron chi connectivity index (χ4n) is 2.63. The number of benzene rings is 1. The van der Waals surface area contributed by atoms with E-state index in [9.17, 15) is 4.79 Å². The van der Waals surface area contributed by atoms with E-state index >= 15 is 0 Å². The summed E-state index contributed by atoms with van der Waals surface area (Å²) in [6.45, 7) is 5.71. The molecular formula is C17H21N3O3. The first-order chi connectivity index (χ1) is 11.1. The predicted octanol–water partition coefficient (Wildman–Crippen LogP) is 2.09. The van der Waals surface area contributed by atoms with Crippen LogP contribution < -0.4 is 4.90 Å². The van der Waals surface area contributed by atoms with Gasteiger partial charge in [0, 0.05) is 38.4 Å². The lowest BCUT2D eigenvalue weighted by atomic mass is 10.1. The highest BCUT2D eigenvalue weighted by atomic mass is 16.5. The van der Waals surface area contributed by atoms with Crippen LogP contribution in [0.5, 0.6) is 0 Å². The van der Waals surface area contributed by atoms with Crippen LogP contribution in [0.2, 0.25) is 0 Å². The number of aromatic nitrogens is 1. The summed E-state index contributed by atoms with van der Waals surface area (Å²) in [7, 11) is 1.76. The Morgan fingerprint density at radius 1 is 1.26 bits per heavy atom. The van der Waals surface area contributed by atoms with Gasteiger partial charge in [0.15, 0.2) is 0 Å². The molecule has 2 heterocycles. The lowest BCUT2D eigenvalue weighted by molar-refractivity contribution is 0.0743. The third kappa shape index (κ3) is 3.71. The number of morpholine rings is 1. The van der Waals surface area contributed by atoms with E-state index in [1.807, 2.05) is 0 Å². The molecule has 1 aliphatic heterocycles. The molecule has 6 heteroatoms. The van der Waals surface area contributed by atoms with E-state index in [4.69, 9.17) is 9.26 Å². The second-order valence-corrected chi connectivity index (χ2v) is 5.76. The molecule has 0 aliphatic carbocycles.